The Morgan fingerprint density at radius 1 is 1.43 bits per heavy atom. The van der Waals surface area contributed by atoms with Crippen LogP contribution in [0.15, 0.2) is 18.2 Å². The molecule has 0 saturated heterocycles. The van der Waals surface area contributed by atoms with E-state index in [1.807, 2.05) is 13.1 Å². The lowest BCUT2D eigenvalue weighted by Crippen LogP contribution is -2.75. The summed E-state index contributed by atoms with van der Waals surface area (Å²) in [5.74, 6) is 0. The summed E-state index contributed by atoms with van der Waals surface area (Å²) in [5, 5.41) is 13.2. The van der Waals surface area contributed by atoms with Gasteiger partial charge in [-0.15, -0.1) is 0 Å². The number of halogens is 2. The molecule has 3 aliphatic rings. The number of nitriles is 1. The summed E-state index contributed by atoms with van der Waals surface area (Å²) in [6.07, 6.45) is 3.05. The van der Waals surface area contributed by atoms with Crippen LogP contribution in [0.5, 0.6) is 0 Å². The van der Waals surface area contributed by atoms with Gasteiger partial charge in [0.25, 0.3) is 0 Å². The number of nitrogens with one attached hydrogen (secondary N) is 1. The molecule has 2 bridgehead atoms. The number of alkyl halides is 1. The minimum atomic E-state index is -0.733. The van der Waals surface area contributed by atoms with E-state index >= 15 is 0 Å². The van der Waals surface area contributed by atoms with Crippen LogP contribution in [0.3, 0.4) is 0 Å². The van der Waals surface area contributed by atoms with Crippen molar-refractivity contribution in [3.63, 3.8) is 0 Å². The van der Waals surface area contributed by atoms with Gasteiger partial charge in [-0.25, -0.2) is 4.39 Å². The van der Waals surface area contributed by atoms with Gasteiger partial charge in [0.2, 0.25) is 0 Å². The summed E-state index contributed by atoms with van der Waals surface area (Å²) in [4.78, 5) is 10.7. The molecule has 23 heavy (non-hydrogen) atoms. The molecule has 1 N–H and O–H groups in total. The summed E-state index contributed by atoms with van der Waals surface area (Å²) < 4.78 is 14.3. The van der Waals surface area contributed by atoms with Gasteiger partial charge < -0.3 is 9.88 Å². The highest BCUT2D eigenvalue weighted by atomic mass is 35.5. The first kappa shape index (κ1) is 16.0. The van der Waals surface area contributed by atoms with Crippen molar-refractivity contribution in [2.75, 3.05) is 7.05 Å². The van der Waals surface area contributed by atoms with Crippen molar-refractivity contribution in [3.05, 3.63) is 34.5 Å². The normalized spacial score (nSPS) is 27.3. The molecule has 3 fully saturated rings. The molecule has 1 aromatic heterocycles. The van der Waals surface area contributed by atoms with Gasteiger partial charge in [-0.3, -0.25) is 4.79 Å². The van der Waals surface area contributed by atoms with E-state index in [1.165, 1.54) is 0 Å². The zero-order valence-corrected chi connectivity index (χ0v) is 13.7. The van der Waals surface area contributed by atoms with Crippen molar-refractivity contribution in [3.8, 4) is 6.07 Å². The van der Waals surface area contributed by atoms with Crippen LogP contribution in [0.1, 0.15) is 35.3 Å². The Hall–Kier alpha value is -1.90. The monoisotopic (exact) mass is 333 g/mol. The van der Waals surface area contributed by atoms with Crippen molar-refractivity contribution in [2.45, 2.75) is 30.5 Å². The molecule has 0 spiro atoms. The number of hydrogen-bond acceptors (Lipinski definition) is 3. The smallest absolute Gasteiger partial charge is 0.166 e. The van der Waals surface area contributed by atoms with Crippen LogP contribution in [-0.2, 0) is 7.05 Å². The average Bonchev–Trinajstić information content (AvgIpc) is 2.81. The maximum absolute atomic E-state index is 12.7. The highest BCUT2D eigenvalue weighted by Crippen LogP contribution is 2.62. The van der Waals surface area contributed by atoms with E-state index in [0.29, 0.717) is 16.3 Å². The standard InChI is InChI=1S/C11H7ClN2O.C6H10FN/c1-14-9(6-15)4-7-2-3-8(5-13)10(12)11(7)14;1-8-6-2-5(7,3-6)4-6/h2-4,6H,1H3;8H,2-4H2,1H3. The predicted octanol–water partition coefficient (Wildman–Crippen LogP) is 3.37. The van der Waals surface area contributed by atoms with Gasteiger partial charge in [0.05, 0.1) is 21.8 Å². The Morgan fingerprint density at radius 2 is 2.09 bits per heavy atom. The molecule has 5 rings (SSSR count). The SMILES string of the molecule is CNC12CC(F)(C1)C2.Cn1c(C=O)cc2ccc(C#N)c(Cl)c21. The second kappa shape index (κ2) is 5.33. The van der Waals surface area contributed by atoms with Crippen LogP contribution in [-0.4, -0.2) is 29.1 Å². The minimum absolute atomic E-state index is 0.245. The van der Waals surface area contributed by atoms with E-state index in [9.17, 15) is 9.18 Å². The van der Waals surface area contributed by atoms with Crippen LogP contribution < -0.4 is 5.32 Å². The lowest BCUT2D eigenvalue weighted by molar-refractivity contribution is -0.165. The van der Waals surface area contributed by atoms with Gasteiger partial charge in [-0.05, 0) is 38.4 Å². The van der Waals surface area contributed by atoms with Gasteiger partial charge in [-0.1, -0.05) is 17.7 Å². The van der Waals surface area contributed by atoms with Crippen molar-refractivity contribution in [1.82, 2.24) is 9.88 Å². The fraction of sp³-hybridized carbons (Fsp3) is 0.412. The molecule has 1 aromatic carbocycles. The Kier molecular flexibility index (Phi) is 3.70. The Morgan fingerprint density at radius 3 is 2.52 bits per heavy atom. The van der Waals surface area contributed by atoms with Crippen molar-refractivity contribution >= 4 is 28.8 Å². The Bertz CT molecular complexity index is 817. The van der Waals surface area contributed by atoms with Crippen LogP contribution in [0.25, 0.3) is 10.9 Å². The zero-order chi connectivity index (χ0) is 16.8. The number of carbonyl (C=O) groups is 1. The summed E-state index contributed by atoms with van der Waals surface area (Å²) in [6.45, 7) is 0. The molecule has 1 heterocycles. The van der Waals surface area contributed by atoms with E-state index < -0.39 is 5.67 Å². The highest BCUT2D eigenvalue weighted by Gasteiger charge is 2.68. The fourth-order valence-corrected chi connectivity index (χ4v) is 3.89. The minimum Gasteiger partial charge on any atom is -0.340 e. The number of nitrogens with zero attached hydrogens (tertiary/aromatic N) is 2. The summed E-state index contributed by atoms with van der Waals surface area (Å²) in [7, 11) is 3.66. The number of rotatable bonds is 2. The lowest BCUT2D eigenvalue weighted by Gasteiger charge is -2.65. The van der Waals surface area contributed by atoms with E-state index in [2.05, 4.69) is 5.32 Å². The van der Waals surface area contributed by atoms with Crippen LogP contribution >= 0.6 is 11.6 Å². The van der Waals surface area contributed by atoms with Crippen molar-refractivity contribution in [2.24, 2.45) is 7.05 Å². The first-order valence-corrected chi connectivity index (χ1v) is 7.76. The van der Waals surface area contributed by atoms with Gasteiger partial charge in [0.15, 0.2) is 6.29 Å². The van der Waals surface area contributed by atoms with E-state index in [1.54, 1.807) is 29.8 Å². The van der Waals surface area contributed by atoms with E-state index in [0.717, 1.165) is 36.5 Å². The Balaban J connectivity index is 0.000000162. The van der Waals surface area contributed by atoms with Crippen molar-refractivity contribution in [1.29, 1.82) is 5.26 Å². The fourth-order valence-electron chi connectivity index (χ4n) is 3.55. The average molecular weight is 334 g/mol. The second-order valence-electron chi connectivity index (χ2n) is 6.43. The molecule has 3 saturated carbocycles. The first-order valence-electron chi connectivity index (χ1n) is 7.38. The molecule has 3 aliphatic carbocycles. The predicted molar refractivity (Wildman–Crippen MR) is 87.5 cm³/mol. The van der Waals surface area contributed by atoms with Crippen LogP contribution in [0.4, 0.5) is 4.39 Å². The van der Waals surface area contributed by atoms with E-state index in [-0.39, 0.29) is 5.54 Å². The summed E-state index contributed by atoms with van der Waals surface area (Å²) in [5.41, 5.74) is 1.19. The third-order valence-corrected chi connectivity index (χ3v) is 5.29. The highest BCUT2D eigenvalue weighted by molar-refractivity contribution is 6.36. The third kappa shape index (κ3) is 2.43. The molecule has 0 atom stereocenters. The number of benzene rings is 1. The summed E-state index contributed by atoms with van der Waals surface area (Å²) >= 11 is 6.06. The third-order valence-electron chi connectivity index (χ3n) is 4.91. The molecule has 120 valence electrons. The molecule has 2 aromatic rings. The molecule has 0 amide bonds. The molecule has 6 heteroatoms. The maximum Gasteiger partial charge on any atom is 0.166 e. The van der Waals surface area contributed by atoms with E-state index in [4.69, 9.17) is 16.9 Å². The molecule has 0 aliphatic heterocycles. The Labute approximate surface area is 138 Å². The van der Waals surface area contributed by atoms with Crippen molar-refractivity contribution < 1.29 is 9.18 Å². The topological polar surface area (TPSA) is 57.8 Å². The maximum atomic E-state index is 12.7. The van der Waals surface area contributed by atoms with Crippen LogP contribution in [0, 0.1) is 11.3 Å². The number of aldehydes is 1. The number of hydrogen-bond donors (Lipinski definition) is 1. The van der Waals surface area contributed by atoms with Crippen LogP contribution in [0.2, 0.25) is 5.02 Å². The number of carbonyl (C=O) groups excluding carboxylic acids is 1. The molecular weight excluding hydrogens is 317 g/mol. The number of aryl methyl sites for hydroxylation is 1. The lowest BCUT2D eigenvalue weighted by atomic mass is 9.47. The summed E-state index contributed by atoms with van der Waals surface area (Å²) in [6, 6.07) is 7.19. The first-order chi connectivity index (χ1) is 10.9. The molecular formula is C17H17ClFN3O. The molecule has 0 unspecified atom stereocenters. The van der Waals surface area contributed by atoms with Gasteiger partial charge in [-0.2, -0.15) is 5.26 Å². The largest absolute Gasteiger partial charge is 0.340 e. The molecule has 4 nitrogen and oxygen atoms in total. The second-order valence-corrected chi connectivity index (χ2v) is 6.81. The van der Waals surface area contributed by atoms with Gasteiger partial charge >= 0.3 is 0 Å². The van der Waals surface area contributed by atoms with Gasteiger partial charge in [0, 0.05) is 18.0 Å². The molecule has 0 radical (unpaired) electrons. The quantitative estimate of drug-likeness (QED) is 0.857. The zero-order valence-electron chi connectivity index (χ0n) is 13.0. The number of aromatic nitrogens is 1. The van der Waals surface area contributed by atoms with Gasteiger partial charge in [0.1, 0.15) is 11.7 Å². The number of fused-ring (bicyclic) bond motifs is 1.